The molecule has 1 heterocycles. The number of carbonyl (C=O) groups is 1. The van der Waals surface area contributed by atoms with Crippen molar-refractivity contribution in [2.45, 2.75) is 38.1 Å². The molecule has 0 radical (unpaired) electrons. The first-order valence-corrected chi connectivity index (χ1v) is 8.07. The van der Waals surface area contributed by atoms with E-state index in [-0.39, 0.29) is 6.03 Å². The number of urea groups is 1. The molecule has 0 aromatic rings. The van der Waals surface area contributed by atoms with Gasteiger partial charge in [-0.25, -0.2) is 4.79 Å². The molecular weight excluding hydrogens is 252 g/mol. The standard InChI is InChI=1S/C15H30N4O/c1-17(2)8-9-18-10-12-19(13-11-18)15(20)16-14-6-4-3-5-7-14/h14H,3-13H2,1-2H3,(H,16,20). The molecule has 1 N–H and O–H groups in total. The topological polar surface area (TPSA) is 38.8 Å². The van der Waals surface area contributed by atoms with Crippen molar-refractivity contribution in [2.24, 2.45) is 0 Å². The van der Waals surface area contributed by atoms with Crippen molar-refractivity contribution in [3.8, 4) is 0 Å². The maximum absolute atomic E-state index is 12.2. The molecule has 116 valence electrons. The maximum Gasteiger partial charge on any atom is 0.317 e. The Hall–Kier alpha value is -0.810. The second-order valence-electron chi connectivity index (χ2n) is 6.42. The van der Waals surface area contributed by atoms with E-state index in [9.17, 15) is 4.79 Å². The molecule has 0 spiro atoms. The third-order valence-electron chi connectivity index (χ3n) is 4.46. The van der Waals surface area contributed by atoms with Gasteiger partial charge in [0.05, 0.1) is 0 Å². The van der Waals surface area contributed by atoms with Gasteiger partial charge in [-0.3, -0.25) is 4.90 Å². The van der Waals surface area contributed by atoms with Crippen LogP contribution < -0.4 is 5.32 Å². The molecule has 2 amide bonds. The van der Waals surface area contributed by atoms with Crippen molar-refractivity contribution >= 4 is 6.03 Å². The summed E-state index contributed by atoms with van der Waals surface area (Å²) in [4.78, 5) is 18.9. The average molecular weight is 282 g/mol. The lowest BCUT2D eigenvalue weighted by Crippen LogP contribution is -2.54. The predicted octanol–water partition coefficient (Wildman–Crippen LogP) is 1.21. The lowest BCUT2D eigenvalue weighted by molar-refractivity contribution is 0.130. The quantitative estimate of drug-likeness (QED) is 0.842. The summed E-state index contributed by atoms with van der Waals surface area (Å²) in [6.07, 6.45) is 6.19. The molecule has 1 aliphatic carbocycles. The molecule has 2 rings (SSSR count). The van der Waals surface area contributed by atoms with E-state index in [0.717, 1.165) is 52.1 Å². The maximum atomic E-state index is 12.2. The zero-order valence-electron chi connectivity index (χ0n) is 13.1. The molecule has 0 unspecified atom stereocenters. The Kier molecular flexibility index (Phi) is 6.10. The summed E-state index contributed by atoms with van der Waals surface area (Å²) < 4.78 is 0. The molecule has 2 fully saturated rings. The van der Waals surface area contributed by atoms with Gasteiger partial charge in [-0.05, 0) is 26.9 Å². The molecule has 1 saturated heterocycles. The fourth-order valence-corrected chi connectivity index (χ4v) is 3.03. The first-order valence-electron chi connectivity index (χ1n) is 8.07. The van der Waals surface area contributed by atoms with Gasteiger partial charge in [0, 0.05) is 45.3 Å². The number of likely N-dealkylation sites (N-methyl/N-ethyl adjacent to an activating group) is 1. The molecule has 5 heteroatoms. The summed E-state index contributed by atoms with van der Waals surface area (Å²) in [5.74, 6) is 0. The van der Waals surface area contributed by atoms with E-state index >= 15 is 0 Å². The molecule has 0 aromatic carbocycles. The Morgan fingerprint density at radius 2 is 1.75 bits per heavy atom. The van der Waals surface area contributed by atoms with Gasteiger partial charge < -0.3 is 15.1 Å². The van der Waals surface area contributed by atoms with Crippen LogP contribution in [0.15, 0.2) is 0 Å². The Morgan fingerprint density at radius 1 is 1.10 bits per heavy atom. The Balaban J connectivity index is 1.66. The number of nitrogens with one attached hydrogen (secondary N) is 1. The fraction of sp³-hybridized carbons (Fsp3) is 0.933. The van der Waals surface area contributed by atoms with Gasteiger partial charge >= 0.3 is 6.03 Å². The minimum atomic E-state index is 0.157. The van der Waals surface area contributed by atoms with Crippen molar-refractivity contribution < 1.29 is 4.79 Å². The number of rotatable bonds is 4. The van der Waals surface area contributed by atoms with Crippen molar-refractivity contribution in [3.63, 3.8) is 0 Å². The summed E-state index contributed by atoms with van der Waals surface area (Å²) in [5.41, 5.74) is 0. The summed E-state index contributed by atoms with van der Waals surface area (Å²) in [6, 6.07) is 0.576. The third kappa shape index (κ3) is 4.94. The molecule has 2 aliphatic rings. The summed E-state index contributed by atoms with van der Waals surface area (Å²) >= 11 is 0. The summed E-state index contributed by atoms with van der Waals surface area (Å²) in [7, 11) is 4.21. The SMILES string of the molecule is CN(C)CCN1CCN(C(=O)NC2CCCCC2)CC1. The highest BCUT2D eigenvalue weighted by Gasteiger charge is 2.23. The van der Waals surface area contributed by atoms with E-state index in [1.54, 1.807) is 0 Å². The lowest BCUT2D eigenvalue weighted by atomic mass is 9.96. The first-order chi connectivity index (χ1) is 9.65. The van der Waals surface area contributed by atoms with Crippen molar-refractivity contribution in [1.82, 2.24) is 20.0 Å². The van der Waals surface area contributed by atoms with E-state index in [1.165, 1.54) is 19.3 Å². The number of amides is 2. The van der Waals surface area contributed by atoms with Crippen LogP contribution in [-0.2, 0) is 0 Å². The Morgan fingerprint density at radius 3 is 2.35 bits per heavy atom. The van der Waals surface area contributed by atoms with Gasteiger partial charge in [0.2, 0.25) is 0 Å². The van der Waals surface area contributed by atoms with Crippen LogP contribution in [0, 0.1) is 0 Å². The van der Waals surface area contributed by atoms with E-state index in [4.69, 9.17) is 0 Å². The minimum absolute atomic E-state index is 0.157. The number of piperazine rings is 1. The van der Waals surface area contributed by atoms with Crippen LogP contribution in [-0.4, -0.2) is 80.1 Å². The highest BCUT2D eigenvalue weighted by molar-refractivity contribution is 5.74. The molecule has 1 aliphatic heterocycles. The van der Waals surface area contributed by atoms with Crippen LogP contribution in [0.3, 0.4) is 0 Å². The second kappa shape index (κ2) is 7.84. The monoisotopic (exact) mass is 282 g/mol. The largest absolute Gasteiger partial charge is 0.335 e. The number of nitrogens with zero attached hydrogens (tertiary/aromatic N) is 3. The fourth-order valence-electron chi connectivity index (χ4n) is 3.03. The molecule has 0 aromatic heterocycles. The molecule has 1 saturated carbocycles. The van der Waals surface area contributed by atoms with E-state index in [0.29, 0.717) is 6.04 Å². The second-order valence-corrected chi connectivity index (χ2v) is 6.42. The molecule has 5 nitrogen and oxygen atoms in total. The van der Waals surface area contributed by atoms with E-state index in [1.807, 2.05) is 4.90 Å². The molecule has 0 bridgehead atoms. The van der Waals surface area contributed by atoms with Crippen LogP contribution in [0.2, 0.25) is 0 Å². The zero-order chi connectivity index (χ0) is 14.4. The molecule has 0 atom stereocenters. The molecule has 20 heavy (non-hydrogen) atoms. The van der Waals surface area contributed by atoms with Gasteiger partial charge in [0.1, 0.15) is 0 Å². The van der Waals surface area contributed by atoms with Crippen LogP contribution in [0.1, 0.15) is 32.1 Å². The Labute approximate surface area is 123 Å². The van der Waals surface area contributed by atoms with E-state index in [2.05, 4.69) is 29.2 Å². The predicted molar refractivity (Wildman–Crippen MR) is 82.0 cm³/mol. The van der Waals surface area contributed by atoms with Gasteiger partial charge in [-0.15, -0.1) is 0 Å². The number of hydrogen-bond donors (Lipinski definition) is 1. The third-order valence-corrected chi connectivity index (χ3v) is 4.46. The van der Waals surface area contributed by atoms with Gasteiger partial charge in [-0.1, -0.05) is 19.3 Å². The zero-order valence-corrected chi connectivity index (χ0v) is 13.1. The van der Waals surface area contributed by atoms with Crippen molar-refractivity contribution in [2.75, 3.05) is 53.4 Å². The number of carbonyl (C=O) groups excluding carboxylic acids is 1. The molecular formula is C15H30N4O. The van der Waals surface area contributed by atoms with Crippen LogP contribution in [0.25, 0.3) is 0 Å². The number of hydrogen-bond acceptors (Lipinski definition) is 3. The van der Waals surface area contributed by atoms with Gasteiger partial charge in [0.15, 0.2) is 0 Å². The lowest BCUT2D eigenvalue weighted by Gasteiger charge is -2.36. The highest BCUT2D eigenvalue weighted by Crippen LogP contribution is 2.17. The highest BCUT2D eigenvalue weighted by atomic mass is 16.2. The van der Waals surface area contributed by atoms with Crippen LogP contribution in [0.4, 0.5) is 4.79 Å². The smallest absolute Gasteiger partial charge is 0.317 e. The van der Waals surface area contributed by atoms with Gasteiger partial charge in [0.25, 0.3) is 0 Å². The van der Waals surface area contributed by atoms with Crippen LogP contribution in [0.5, 0.6) is 0 Å². The first kappa shape index (κ1) is 15.6. The van der Waals surface area contributed by atoms with E-state index < -0.39 is 0 Å². The van der Waals surface area contributed by atoms with Crippen molar-refractivity contribution in [3.05, 3.63) is 0 Å². The average Bonchev–Trinajstić information content (AvgIpc) is 2.46. The summed E-state index contributed by atoms with van der Waals surface area (Å²) in [5, 5.41) is 3.21. The van der Waals surface area contributed by atoms with Gasteiger partial charge in [-0.2, -0.15) is 0 Å². The normalized spacial score (nSPS) is 22.2. The van der Waals surface area contributed by atoms with Crippen LogP contribution >= 0.6 is 0 Å². The summed E-state index contributed by atoms with van der Waals surface area (Å²) in [6.45, 7) is 5.94. The minimum Gasteiger partial charge on any atom is -0.335 e. The van der Waals surface area contributed by atoms with Crippen molar-refractivity contribution in [1.29, 1.82) is 0 Å². The Bertz CT molecular complexity index is 294.